The first-order chi connectivity index (χ1) is 10.4. The second-order valence-corrected chi connectivity index (χ2v) is 5.26. The molecule has 0 spiro atoms. The van der Waals surface area contributed by atoms with Gasteiger partial charge in [-0.1, -0.05) is 6.92 Å². The van der Waals surface area contributed by atoms with Crippen LogP contribution in [0, 0.1) is 0 Å². The zero-order chi connectivity index (χ0) is 16.3. The molecule has 0 aliphatic rings. The van der Waals surface area contributed by atoms with E-state index in [-0.39, 0.29) is 29.9 Å². The Hall–Kier alpha value is -2.42. The van der Waals surface area contributed by atoms with Crippen LogP contribution in [0.25, 0.3) is 11.2 Å². The molecule has 0 amide bonds. The number of hydrogen-bond acceptors (Lipinski definition) is 6. The van der Waals surface area contributed by atoms with Crippen molar-refractivity contribution in [1.82, 2.24) is 19.5 Å². The van der Waals surface area contributed by atoms with Crippen LogP contribution in [0.15, 0.2) is 11.3 Å². The van der Waals surface area contributed by atoms with Crippen LogP contribution in [-0.4, -0.2) is 38.1 Å². The van der Waals surface area contributed by atoms with Crippen molar-refractivity contribution in [1.29, 1.82) is 0 Å². The molecule has 2 aromatic rings. The molecule has 2 aromatic heterocycles. The lowest BCUT2D eigenvalue weighted by Gasteiger charge is -2.11. The average Bonchev–Trinajstić information content (AvgIpc) is 2.88. The highest BCUT2D eigenvalue weighted by molar-refractivity contribution is 5.87. The molecule has 0 fully saturated rings. The number of nitrogens with zero attached hydrogens (tertiary/aromatic N) is 5. The first-order valence-electron chi connectivity index (χ1n) is 7.15. The minimum absolute atomic E-state index is 0.0826. The summed E-state index contributed by atoms with van der Waals surface area (Å²) in [6.45, 7) is 6.35. The predicted octanol–water partition coefficient (Wildman–Crippen LogP) is 0.428. The summed E-state index contributed by atoms with van der Waals surface area (Å²) in [6, 6.07) is 0.275. The summed E-state index contributed by atoms with van der Waals surface area (Å²) in [6.07, 6.45) is 2.48. The number of rotatable bonds is 6. The predicted molar refractivity (Wildman–Crippen MR) is 84.9 cm³/mol. The van der Waals surface area contributed by atoms with Gasteiger partial charge in [-0.25, -0.2) is 4.98 Å². The molecule has 2 heterocycles. The van der Waals surface area contributed by atoms with Crippen LogP contribution in [0.2, 0.25) is 0 Å². The van der Waals surface area contributed by atoms with Crippen molar-refractivity contribution in [3.8, 4) is 6.01 Å². The van der Waals surface area contributed by atoms with Crippen molar-refractivity contribution in [2.24, 2.45) is 22.2 Å². The number of imidazole rings is 1. The van der Waals surface area contributed by atoms with E-state index in [1.54, 1.807) is 6.33 Å². The van der Waals surface area contributed by atoms with E-state index < -0.39 is 0 Å². The Labute approximate surface area is 128 Å². The van der Waals surface area contributed by atoms with Crippen LogP contribution in [0.5, 0.6) is 6.01 Å². The van der Waals surface area contributed by atoms with E-state index in [4.69, 9.17) is 21.9 Å². The van der Waals surface area contributed by atoms with E-state index in [1.165, 1.54) is 0 Å². The summed E-state index contributed by atoms with van der Waals surface area (Å²) in [4.78, 5) is 16.9. The number of aliphatic imine (C=N–C) groups is 1. The Bertz CT molecular complexity index is 674. The number of ether oxygens (including phenoxy) is 1. The van der Waals surface area contributed by atoms with Crippen LogP contribution in [0.3, 0.4) is 0 Å². The number of hydrogen-bond donors (Lipinski definition) is 3. The molecule has 0 unspecified atom stereocenters. The molecular weight excluding hydrogens is 284 g/mol. The summed E-state index contributed by atoms with van der Waals surface area (Å²) < 4.78 is 7.45. The third-order valence-electron chi connectivity index (χ3n) is 3.12. The fourth-order valence-corrected chi connectivity index (χ4v) is 1.82. The lowest BCUT2D eigenvalue weighted by atomic mass is 10.3. The Morgan fingerprint density at radius 3 is 2.68 bits per heavy atom. The molecule has 6 N–H and O–H groups in total. The molecule has 0 aromatic carbocycles. The molecule has 22 heavy (non-hydrogen) atoms. The molecule has 120 valence electrons. The van der Waals surface area contributed by atoms with Gasteiger partial charge < -0.3 is 26.5 Å². The molecule has 0 saturated carbocycles. The topological polar surface area (TPSA) is 143 Å². The molecule has 0 aliphatic carbocycles. The van der Waals surface area contributed by atoms with Gasteiger partial charge in [0.1, 0.15) is 6.61 Å². The van der Waals surface area contributed by atoms with Crippen LogP contribution in [0.1, 0.15) is 33.2 Å². The fraction of sp³-hybridized carbons (Fsp3) is 0.538. The number of fused-ring (bicyclic) bond motifs is 1. The van der Waals surface area contributed by atoms with E-state index in [9.17, 15) is 0 Å². The fourth-order valence-electron chi connectivity index (χ4n) is 1.82. The molecular formula is C13H22N8O. The van der Waals surface area contributed by atoms with E-state index in [0.717, 1.165) is 6.42 Å². The van der Waals surface area contributed by atoms with Crippen LogP contribution in [-0.2, 0) is 0 Å². The van der Waals surface area contributed by atoms with Crippen molar-refractivity contribution >= 4 is 22.9 Å². The third kappa shape index (κ3) is 3.42. The molecule has 0 radical (unpaired) electrons. The molecule has 9 nitrogen and oxygen atoms in total. The minimum atomic E-state index is -0.102. The van der Waals surface area contributed by atoms with Gasteiger partial charge in [0.25, 0.3) is 0 Å². The number of aromatic nitrogens is 4. The maximum Gasteiger partial charge on any atom is 0.320 e. The Morgan fingerprint density at radius 2 is 2.09 bits per heavy atom. The first-order valence-corrected chi connectivity index (χ1v) is 7.15. The monoisotopic (exact) mass is 306 g/mol. The van der Waals surface area contributed by atoms with E-state index >= 15 is 0 Å². The van der Waals surface area contributed by atoms with Gasteiger partial charge in [0.05, 0.1) is 6.33 Å². The summed E-state index contributed by atoms with van der Waals surface area (Å²) in [5, 5.41) is 0. The maximum atomic E-state index is 5.84. The molecule has 0 saturated heterocycles. The Balaban J connectivity index is 2.48. The van der Waals surface area contributed by atoms with Gasteiger partial charge in [0.15, 0.2) is 22.9 Å². The van der Waals surface area contributed by atoms with E-state index in [2.05, 4.69) is 19.9 Å². The van der Waals surface area contributed by atoms with Crippen molar-refractivity contribution in [2.45, 2.75) is 39.3 Å². The lowest BCUT2D eigenvalue weighted by molar-refractivity contribution is 0.265. The summed E-state index contributed by atoms with van der Waals surface area (Å²) in [7, 11) is 0. The van der Waals surface area contributed by atoms with Gasteiger partial charge in [-0.2, -0.15) is 15.0 Å². The van der Waals surface area contributed by atoms with Gasteiger partial charge in [0, 0.05) is 12.1 Å². The van der Waals surface area contributed by atoms with E-state index in [1.807, 2.05) is 25.3 Å². The highest BCUT2D eigenvalue weighted by atomic mass is 16.5. The molecule has 9 heteroatoms. The Kier molecular flexibility index (Phi) is 4.76. The lowest BCUT2D eigenvalue weighted by Crippen LogP contribution is -2.27. The summed E-state index contributed by atoms with van der Waals surface area (Å²) in [5.74, 6) is 0.180. The third-order valence-corrected chi connectivity index (χ3v) is 3.12. The van der Waals surface area contributed by atoms with Gasteiger partial charge in [-0.3, -0.25) is 0 Å². The molecule has 0 aliphatic heterocycles. The smallest absolute Gasteiger partial charge is 0.320 e. The van der Waals surface area contributed by atoms with Crippen molar-refractivity contribution in [3.63, 3.8) is 0 Å². The van der Waals surface area contributed by atoms with Crippen molar-refractivity contribution < 1.29 is 4.74 Å². The zero-order valence-electron chi connectivity index (χ0n) is 13.0. The average molecular weight is 306 g/mol. The number of nitrogens with two attached hydrogens (primary N) is 3. The van der Waals surface area contributed by atoms with Gasteiger partial charge >= 0.3 is 6.01 Å². The van der Waals surface area contributed by atoms with Crippen molar-refractivity contribution in [2.75, 3.05) is 6.61 Å². The van der Waals surface area contributed by atoms with Gasteiger partial charge in [-0.15, -0.1) is 0 Å². The molecule has 2 rings (SSSR count). The normalized spacial score (nSPS) is 12.6. The van der Waals surface area contributed by atoms with Gasteiger partial charge in [0.2, 0.25) is 0 Å². The van der Waals surface area contributed by atoms with E-state index in [0.29, 0.717) is 17.8 Å². The van der Waals surface area contributed by atoms with Gasteiger partial charge in [-0.05, 0) is 20.3 Å². The quantitative estimate of drug-likeness (QED) is 0.518. The standard InChI is InChI=1S/C13H22N8O/c1-4-8(14)5-22-13-19-10(18-12(15)16)9-11(20-13)21(6-17-9)7(2)3/h6-8H,4-5,14H2,1-3H3,(H4,15,16,18,19,20)/t8-/m0/s1. The maximum absolute atomic E-state index is 5.84. The first kappa shape index (κ1) is 16.0. The molecule has 0 bridgehead atoms. The van der Waals surface area contributed by atoms with Crippen LogP contribution in [0.4, 0.5) is 5.82 Å². The minimum Gasteiger partial charge on any atom is -0.462 e. The van der Waals surface area contributed by atoms with Crippen LogP contribution < -0.4 is 21.9 Å². The van der Waals surface area contributed by atoms with Crippen molar-refractivity contribution in [3.05, 3.63) is 6.33 Å². The highest BCUT2D eigenvalue weighted by Gasteiger charge is 2.16. The summed E-state index contributed by atoms with van der Waals surface area (Å²) in [5.41, 5.74) is 17.9. The molecule has 1 atom stereocenters. The second-order valence-electron chi connectivity index (χ2n) is 5.26. The Morgan fingerprint density at radius 1 is 1.36 bits per heavy atom. The largest absolute Gasteiger partial charge is 0.462 e. The zero-order valence-corrected chi connectivity index (χ0v) is 13.0. The second kappa shape index (κ2) is 6.56. The highest BCUT2D eigenvalue weighted by Crippen LogP contribution is 2.25. The van der Waals surface area contributed by atoms with Crippen LogP contribution >= 0.6 is 0 Å². The summed E-state index contributed by atoms with van der Waals surface area (Å²) >= 11 is 0. The number of guanidine groups is 1. The SMILES string of the molecule is CC[C@H](N)COc1nc(N=C(N)N)c2ncn(C(C)C)c2n1.